The highest BCUT2D eigenvalue weighted by Crippen LogP contribution is 2.16. The minimum absolute atomic E-state index is 0.0166. The number of anilines is 2. The maximum absolute atomic E-state index is 8.72. The highest BCUT2D eigenvalue weighted by atomic mass is 16.5. The van der Waals surface area contributed by atoms with Crippen LogP contribution in [0.4, 0.5) is 11.9 Å². The molecule has 3 N–H and O–H groups in total. The van der Waals surface area contributed by atoms with Crippen molar-refractivity contribution in [2.75, 3.05) is 24.0 Å². The first-order chi connectivity index (χ1) is 9.12. The van der Waals surface area contributed by atoms with E-state index in [1.165, 1.54) is 0 Å². The van der Waals surface area contributed by atoms with Crippen LogP contribution in [0.2, 0.25) is 0 Å². The SMILES string of the molecule is CCCOc1nc(NN)nc(N(C)C(C)CC#N)n1. The summed E-state index contributed by atoms with van der Waals surface area (Å²) in [5.74, 6) is 5.96. The molecule has 1 rings (SSSR count). The number of aromatic nitrogens is 3. The monoisotopic (exact) mass is 265 g/mol. The van der Waals surface area contributed by atoms with E-state index in [2.05, 4.69) is 26.4 Å². The predicted molar refractivity (Wildman–Crippen MR) is 71.5 cm³/mol. The summed E-state index contributed by atoms with van der Waals surface area (Å²) in [6.07, 6.45) is 1.23. The normalized spacial score (nSPS) is 11.5. The van der Waals surface area contributed by atoms with Crippen LogP contribution in [0, 0.1) is 11.3 Å². The van der Waals surface area contributed by atoms with Crippen LogP contribution in [-0.4, -0.2) is 34.6 Å². The number of hydrogen-bond donors (Lipinski definition) is 2. The van der Waals surface area contributed by atoms with Gasteiger partial charge in [0.25, 0.3) is 0 Å². The second kappa shape index (κ2) is 7.33. The van der Waals surface area contributed by atoms with E-state index in [4.69, 9.17) is 15.8 Å². The quantitative estimate of drug-likeness (QED) is 0.546. The summed E-state index contributed by atoms with van der Waals surface area (Å²) in [6.45, 7) is 4.42. The molecule has 0 amide bonds. The second-order valence-corrected chi connectivity index (χ2v) is 4.06. The van der Waals surface area contributed by atoms with Gasteiger partial charge >= 0.3 is 6.01 Å². The van der Waals surface area contributed by atoms with E-state index in [1.807, 2.05) is 13.8 Å². The van der Waals surface area contributed by atoms with Gasteiger partial charge < -0.3 is 9.64 Å². The molecule has 104 valence electrons. The van der Waals surface area contributed by atoms with Crippen LogP contribution in [-0.2, 0) is 0 Å². The Bertz CT molecular complexity index is 445. The molecule has 8 heteroatoms. The third-order valence-corrected chi connectivity index (χ3v) is 2.53. The fraction of sp³-hybridized carbons (Fsp3) is 0.636. The number of nitrogens with two attached hydrogens (primary N) is 1. The molecule has 0 bridgehead atoms. The highest BCUT2D eigenvalue weighted by molar-refractivity contribution is 5.38. The summed E-state index contributed by atoms with van der Waals surface area (Å²) in [6, 6.07) is 2.31. The zero-order valence-electron chi connectivity index (χ0n) is 11.4. The van der Waals surface area contributed by atoms with Crippen LogP contribution in [0.5, 0.6) is 6.01 Å². The fourth-order valence-corrected chi connectivity index (χ4v) is 1.29. The van der Waals surface area contributed by atoms with Gasteiger partial charge in [-0.15, -0.1) is 0 Å². The van der Waals surface area contributed by atoms with Gasteiger partial charge in [-0.1, -0.05) is 6.92 Å². The predicted octanol–water partition coefficient (Wildman–Crippen LogP) is 0.684. The summed E-state index contributed by atoms with van der Waals surface area (Å²) in [7, 11) is 1.81. The Hall–Kier alpha value is -2.14. The molecule has 0 aromatic carbocycles. The minimum atomic E-state index is -0.0166. The lowest BCUT2D eigenvalue weighted by molar-refractivity contribution is 0.291. The first kappa shape index (κ1) is 14.9. The molecule has 1 aromatic rings. The molecular weight excluding hydrogens is 246 g/mol. The van der Waals surface area contributed by atoms with Crippen LogP contribution >= 0.6 is 0 Å². The molecule has 8 nitrogen and oxygen atoms in total. The molecule has 1 aromatic heterocycles. The molecule has 19 heavy (non-hydrogen) atoms. The number of ether oxygens (including phenoxy) is 1. The van der Waals surface area contributed by atoms with Crippen LogP contribution in [0.15, 0.2) is 0 Å². The first-order valence-corrected chi connectivity index (χ1v) is 6.07. The molecule has 0 saturated carbocycles. The van der Waals surface area contributed by atoms with Crippen molar-refractivity contribution in [3.05, 3.63) is 0 Å². The van der Waals surface area contributed by atoms with E-state index in [-0.39, 0.29) is 18.0 Å². The van der Waals surface area contributed by atoms with E-state index < -0.39 is 0 Å². The Morgan fingerprint density at radius 2 is 2.21 bits per heavy atom. The standard InChI is InChI=1S/C11H19N7O/c1-4-7-19-11-15-9(17-13)14-10(16-11)18(3)8(2)5-6-12/h8H,4-5,7,13H2,1-3H3,(H,14,15,16,17). The zero-order chi connectivity index (χ0) is 14.3. The summed E-state index contributed by atoms with van der Waals surface area (Å²) < 4.78 is 5.38. The van der Waals surface area contributed by atoms with Crippen molar-refractivity contribution >= 4 is 11.9 Å². The van der Waals surface area contributed by atoms with Crippen molar-refractivity contribution in [1.82, 2.24) is 15.0 Å². The van der Waals surface area contributed by atoms with Gasteiger partial charge in [0, 0.05) is 13.1 Å². The number of rotatable bonds is 7. The number of nitrogens with zero attached hydrogens (tertiary/aromatic N) is 5. The fourth-order valence-electron chi connectivity index (χ4n) is 1.29. The number of hydrazine groups is 1. The Kier molecular flexibility index (Phi) is 5.75. The Morgan fingerprint density at radius 1 is 1.47 bits per heavy atom. The van der Waals surface area contributed by atoms with Gasteiger partial charge in [-0.05, 0) is 13.3 Å². The van der Waals surface area contributed by atoms with Crippen LogP contribution < -0.4 is 20.9 Å². The summed E-state index contributed by atoms with van der Waals surface area (Å²) in [5.41, 5.74) is 2.38. The van der Waals surface area contributed by atoms with Crippen LogP contribution in [0.3, 0.4) is 0 Å². The van der Waals surface area contributed by atoms with E-state index in [0.717, 1.165) is 6.42 Å². The summed E-state index contributed by atoms with van der Waals surface area (Å²) >= 11 is 0. The van der Waals surface area contributed by atoms with Crippen LogP contribution in [0.1, 0.15) is 26.7 Å². The smallest absolute Gasteiger partial charge is 0.323 e. The molecule has 1 atom stereocenters. The summed E-state index contributed by atoms with van der Waals surface area (Å²) in [4.78, 5) is 14.1. The van der Waals surface area contributed by atoms with Crippen LogP contribution in [0.25, 0.3) is 0 Å². The average molecular weight is 265 g/mol. The van der Waals surface area contributed by atoms with E-state index in [1.54, 1.807) is 11.9 Å². The molecule has 0 aliphatic carbocycles. The molecule has 1 unspecified atom stereocenters. The van der Waals surface area contributed by atoms with Crippen molar-refractivity contribution in [2.24, 2.45) is 5.84 Å². The maximum atomic E-state index is 8.72. The van der Waals surface area contributed by atoms with Crippen molar-refractivity contribution in [2.45, 2.75) is 32.7 Å². The number of nitrogen functional groups attached to an aromatic ring is 1. The Labute approximate surface area is 112 Å². The lowest BCUT2D eigenvalue weighted by Crippen LogP contribution is -2.30. The van der Waals surface area contributed by atoms with Gasteiger partial charge in [0.15, 0.2) is 0 Å². The second-order valence-electron chi connectivity index (χ2n) is 4.06. The highest BCUT2D eigenvalue weighted by Gasteiger charge is 2.15. The van der Waals surface area contributed by atoms with Gasteiger partial charge in [-0.3, -0.25) is 5.43 Å². The van der Waals surface area contributed by atoms with Crippen molar-refractivity contribution < 1.29 is 4.74 Å². The first-order valence-electron chi connectivity index (χ1n) is 6.07. The number of hydrogen-bond acceptors (Lipinski definition) is 8. The molecule has 0 spiro atoms. The lowest BCUT2D eigenvalue weighted by Gasteiger charge is -2.23. The van der Waals surface area contributed by atoms with Gasteiger partial charge in [0.05, 0.1) is 19.1 Å². The molecular formula is C11H19N7O. The van der Waals surface area contributed by atoms with Gasteiger partial charge in [-0.25, -0.2) is 5.84 Å². The van der Waals surface area contributed by atoms with Crippen molar-refractivity contribution in [3.63, 3.8) is 0 Å². The number of nitriles is 1. The van der Waals surface area contributed by atoms with E-state index in [9.17, 15) is 0 Å². The Morgan fingerprint density at radius 3 is 2.79 bits per heavy atom. The maximum Gasteiger partial charge on any atom is 0.323 e. The third kappa shape index (κ3) is 4.22. The Balaban J connectivity index is 2.95. The molecule has 1 heterocycles. The molecule has 0 aliphatic rings. The largest absolute Gasteiger partial charge is 0.463 e. The minimum Gasteiger partial charge on any atom is -0.463 e. The topological polar surface area (TPSA) is 113 Å². The van der Waals surface area contributed by atoms with Gasteiger partial charge in [0.2, 0.25) is 11.9 Å². The molecule has 0 radical (unpaired) electrons. The van der Waals surface area contributed by atoms with Gasteiger partial charge in [0.1, 0.15) is 0 Å². The molecule has 0 saturated heterocycles. The zero-order valence-corrected chi connectivity index (χ0v) is 11.4. The lowest BCUT2D eigenvalue weighted by atomic mass is 10.2. The van der Waals surface area contributed by atoms with E-state index >= 15 is 0 Å². The van der Waals surface area contributed by atoms with Gasteiger partial charge in [-0.2, -0.15) is 20.2 Å². The number of nitrogens with one attached hydrogen (secondary N) is 1. The van der Waals surface area contributed by atoms with Crippen molar-refractivity contribution in [3.8, 4) is 12.1 Å². The summed E-state index contributed by atoms with van der Waals surface area (Å²) in [5, 5.41) is 8.72. The molecule has 0 aliphatic heterocycles. The van der Waals surface area contributed by atoms with Crippen molar-refractivity contribution in [1.29, 1.82) is 5.26 Å². The third-order valence-electron chi connectivity index (χ3n) is 2.53. The molecule has 0 fully saturated rings. The average Bonchev–Trinajstić information content (AvgIpc) is 2.44. The van der Waals surface area contributed by atoms with E-state index in [0.29, 0.717) is 19.0 Å².